The predicted molar refractivity (Wildman–Crippen MR) is 131 cm³/mol. The van der Waals surface area contributed by atoms with Crippen LogP contribution >= 0.6 is 0 Å². The topological polar surface area (TPSA) is 90.0 Å². The van der Waals surface area contributed by atoms with Gasteiger partial charge in [-0.3, -0.25) is 9.10 Å². The van der Waals surface area contributed by atoms with Gasteiger partial charge in [-0.25, -0.2) is 12.8 Å². The summed E-state index contributed by atoms with van der Waals surface area (Å²) in [6, 6.07) is 8.73. The fraction of sp³-hybridized carbons (Fsp3) is 0.462. The Bertz CT molecular complexity index is 1220. The molecule has 1 atom stereocenters. The van der Waals surface area contributed by atoms with Crippen molar-refractivity contribution in [2.45, 2.75) is 63.9 Å². The number of nitrogens with zero attached hydrogens (tertiary/aromatic N) is 1. The second kappa shape index (κ2) is 10.4. The highest BCUT2D eigenvalue weighted by Gasteiger charge is 2.34. The monoisotopic (exact) mass is 505 g/mol. The molecule has 0 amide bonds. The maximum Gasteiger partial charge on any atom is 0.310 e. The van der Waals surface area contributed by atoms with E-state index < -0.39 is 27.4 Å². The number of rotatable bonds is 8. The zero-order valence-electron chi connectivity index (χ0n) is 20.8. The van der Waals surface area contributed by atoms with Crippen LogP contribution in [0.3, 0.4) is 0 Å². The number of fused-ring (bicyclic) bond motifs is 1. The summed E-state index contributed by atoms with van der Waals surface area (Å²) in [5.41, 5.74) is 1.26. The van der Waals surface area contributed by atoms with Gasteiger partial charge in [-0.2, -0.15) is 0 Å². The third-order valence-corrected chi connectivity index (χ3v) is 7.51. The summed E-state index contributed by atoms with van der Waals surface area (Å²) in [7, 11) is -2.82. The van der Waals surface area contributed by atoms with Crippen molar-refractivity contribution in [3.05, 3.63) is 53.3 Å². The van der Waals surface area contributed by atoms with Gasteiger partial charge in [0.1, 0.15) is 11.4 Å². The third kappa shape index (κ3) is 6.60. The number of carbonyl (C=O) groups excluding carboxylic acids is 2. The molecule has 1 aliphatic rings. The molecule has 0 unspecified atom stereocenters. The van der Waals surface area contributed by atoms with E-state index in [9.17, 15) is 22.4 Å². The summed E-state index contributed by atoms with van der Waals surface area (Å²) in [6.45, 7) is 7.02. The van der Waals surface area contributed by atoms with Crippen LogP contribution in [0.4, 0.5) is 10.1 Å². The van der Waals surface area contributed by atoms with Crippen LogP contribution in [-0.2, 0) is 37.2 Å². The molecule has 2 aromatic carbocycles. The number of carbonyl (C=O) groups is 2. The molecule has 0 aromatic heterocycles. The fourth-order valence-electron chi connectivity index (χ4n) is 4.13. The number of hydrogen-bond acceptors (Lipinski definition) is 6. The van der Waals surface area contributed by atoms with Gasteiger partial charge in [-0.1, -0.05) is 12.1 Å². The molecule has 7 nitrogen and oxygen atoms in total. The number of anilines is 1. The summed E-state index contributed by atoms with van der Waals surface area (Å²) < 4.78 is 53.1. The molecule has 1 aliphatic heterocycles. The lowest BCUT2D eigenvalue weighted by Gasteiger charge is -2.35. The van der Waals surface area contributed by atoms with Crippen molar-refractivity contribution in [2.24, 2.45) is 5.92 Å². The minimum atomic E-state index is -4.08. The van der Waals surface area contributed by atoms with E-state index in [1.807, 2.05) is 6.07 Å². The van der Waals surface area contributed by atoms with Gasteiger partial charge < -0.3 is 14.3 Å². The molecular formula is C26H32FNO6S. The van der Waals surface area contributed by atoms with Crippen molar-refractivity contribution in [1.82, 2.24) is 0 Å². The molecule has 9 heteroatoms. The molecule has 3 rings (SSSR count). The predicted octanol–water partition coefficient (Wildman–Crippen LogP) is 4.46. The van der Waals surface area contributed by atoms with Gasteiger partial charge in [0.15, 0.2) is 11.6 Å². The number of hydrogen-bond donors (Lipinski definition) is 0. The molecule has 1 heterocycles. The number of Topliss-reactive ketones (excluding diaryl/α,β-unsaturated/α-hetero) is 1. The van der Waals surface area contributed by atoms with Crippen molar-refractivity contribution in [3.63, 3.8) is 0 Å². The quantitative estimate of drug-likeness (QED) is 0.492. The van der Waals surface area contributed by atoms with Crippen molar-refractivity contribution in [1.29, 1.82) is 0 Å². The van der Waals surface area contributed by atoms with E-state index in [-0.39, 0.29) is 35.3 Å². The molecule has 0 N–H and O–H groups in total. The zero-order valence-corrected chi connectivity index (χ0v) is 21.6. The molecule has 0 radical (unpaired) electrons. The van der Waals surface area contributed by atoms with Gasteiger partial charge in [0, 0.05) is 19.0 Å². The molecular weight excluding hydrogens is 473 g/mol. The van der Waals surface area contributed by atoms with Gasteiger partial charge in [-0.05, 0) is 75.8 Å². The van der Waals surface area contributed by atoms with E-state index in [1.165, 1.54) is 24.4 Å². The van der Waals surface area contributed by atoms with E-state index in [0.29, 0.717) is 30.5 Å². The van der Waals surface area contributed by atoms with Gasteiger partial charge >= 0.3 is 5.97 Å². The SMILES string of the molecule is COc1cc(S(=O)(=O)N2C[C@@H](CCC(C)=O)Cc3ccc(CC(=O)OC(C)(C)C)cc32)ccc1F. The van der Waals surface area contributed by atoms with E-state index in [2.05, 4.69) is 0 Å². The summed E-state index contributed by atoms with van der Waals surface area (Å²) in [5.74, 6) is -1.27. The van der Waals surface area contributed by atoms with Gasteiger partial charge in [0.05, 0.1) is 24.1 Å². The molecule has 0 saturated heterocycles. The van der Waals surface area contributed by atoms with Crippen LogP contribution in [0, 0.1) is 11.7 Å². The van der Waals surface area contributed by atoms with Crippen LogP contribution in [0.15, 0.2) is 41.3 Å². The number of sulfonamides is 1. The minimum absolute atomic E-state index is 0.00340. The van der Waals surface area contributed by atoms with Crippen LogP contribution in [-0.4, -0.2) is 39.4 Å². The maximum absolute atomic E-state index is 14.0. The smallest absolute Gasteiger partial charge is 0.310 e. The van der Waals surface area contributed by atoms with Gasteiger partial charge in [0.2, 0.25) is 0 Å². The first-order chi connectivity index (χ1) is 16.3. The van der Waals surface area contributed by atoms with Crippen molar-refractivity contribution in [2.75, 3.05) is 18.0 Å². The van der Waals surface area contributed by atoms with Crippen LogP contribution in [0.25, 0.3) is 0 Å². The number of methoxy groups -OCH3 is 1. The van der Waals surface area contributed by atoms with Gasteiger partial charge in [-0.15, -0.1) is 0 Å². The number of ketones is 1. The van der Waals surface area contributed by atoms with Crippen LogP contribution < -0.4 is 9.04 Å². The second-order valence-electron chi connectivity index (χ2n) is 9.87. The van der Waals surface area contributed by atoms with E-state index in [1.54, 1.807) is 32.9 Å². The maximum atomic E-state index is 14.0. The molecule has 2 aromatic rings. The Morgan fingerprint density at radius 2 is 1.86 bits per heavy atom. The lowest BCUT2D eigenvalue weighted by molar-refractivity contribution is -0.153. The number of esters is 1. The molecule has 35 heavy (non-hydrogen) atoms. The summed E-state index contributed by atoms with van der Waals surface area (Å²) in [5, 5.41) is 0. The minimum Gasteiger partial charge on any atom is -0.494 e. The normalized spacial score (nSPS) is 15.9. The standard InChI is InChI=1S/C26H32FNO6S/c1-17(29)6-7-19-12-20-9-8-18(14-25(30)34-26(2,3)4)13-23(20)28(16-19)35(31,32)21-10-11-22(27)24(15-21)33-5/h8-11,13,15,19H,6-7,12,14,16H2,1-5H3/t19-/m0/s1. The Morgan fingerprint density at radius 1 is 1.14 bits per heavy atom. The summed E-state index contributed by atoms with van der Waals surface area (Å²) >= 11 is 0. The Morgan fingerprint density at radius 3 is 2.49 bits per heavy atom. The third-order valence-electron chi connectivity index (χ3n) is 5.73. The number of benzene rings is 2. The fourth-order valence-corrected chi connectivity index (χ4v) is 5.72. The largest absolute Gasteiger partial charge is 0.494 e. The Labute approximate surface area is 206 Å². The number of halogens is 1. The highest BCUT2D eigenvalue weighted by atomic mass is 32.2. The van der Waals surface area contributed by atoms with E-state index in [0.717, 1.165) is 17.7 Å². The first kappa shape index (κ1) is 26.7. The Kier molecular flexibility index (Phi) is 7.89. The summed E-state index contributed by atoms with van der Waals surface area (Å²) in [6.07, 6.45) is 1.51. The lowest BCUT2D eigenvalue weighted by Crippen LogP contribution is -2.40. The second-order valence-corrected chi connectivity index (χ2v) is 11.7. The van der Waals surface area contributed by atoms with E-state index in [4.69, 9.17) is 9.47 Å². The molecule has 0 fully saturated rings. The highest BCUT2D eigenvalue weighted by molar-refractivity contribution is 7.92. The Hall–Kier alpha value is -2.94. The number of ether oxygens (including phenoxy) is 2. The average Bonchev–Trinajstić information content (AvgIpc) is 2.76. The molecule has 190 valence electrons. The first-order valence-corrected chi connectivity index (χ1v) is 12.9. The summed E-state index contributed by atoms with van der Waals surface area (Å²) in [4.78, 5) is 23.8. The van der Waals surface area contributed by atoms with Crippen LogP contribution in [0.5, 0.6) is 5.75 Å². The zero-order chi connectivity index (χ0) is 26.0. The van der Waals surface area contributed by atoms with Crippen LogP contribution in [0.1, 0.15) is 51.7 Å². The van der Waals surface area contributed by atoms with E-state index >= 15 is 0 Å². The van der Waals surface area contributed by atoms with Crippen molar-refractivity contribution in [3.8, 4) is 5.75 Å². The molecule has 0 saturated carbocycles. The lowest BCUT2D eigenvalue weighted by atomic mass is 9.89. The average molecular weight is 506 g/mol. The first-order valence-electron chi connectivity index (χ1n) is 11.5. The van der Waals surface area contributed by atoms with Gasteiger partial charge in [0.25, 0.3) is 10.0 Å². The van der Waals surface area contributed by atoms with Crippen LogP contribution in [0.2, 0.25) is 0 Å². The van der Waals surface area contributed by atoms with Crippen molar-refractivity contribution < 1.29 is 31.9 Å². The van der Waals surface area contributed by atoms with Crippen molar-refractivity contribution >= 4 is 27.5 Å². The molecule has 0 bridgehead atoms. The molecule has 0 spiro atoms. The highest BCUT2D eigenvalue weighted by Crippen LogP contribution is 2.37. The molecule has 0 aliphatic carbocycles. The Balaban J connectivity index is 2.01.